The quantitative estimate of drug-likeness (QED) is 0.416. The van der Waals surface area contributed by atoms with E-state index in [0.717, 1.165) is 21.8 Å². The molecule has 6 nitrogen and oxygen atoms in total. The third-order valence-corrected chi connectivity index (χ3v) is 4.19. The van der Waals surface area contributed by atoms with Gasteiger partial charge in [0.2, 0.25) is 5.89 Å². The summed E-state index contributed by atoms with van der Waals surface area (Å²) in [5.74, 6) is 2.76. The van der Waals surface area contributed by atoms with E-state index in [4.69, 9.17) is 8.83 Å². The molecule has 0 aliphatic heterocycles. The lowest BCUT2D eigenvalue weighted by atomic mass is 10.2. The third kappa shape index (κ3) is 2.83. The fourth-order valence-corrected chi connectivity index (χ4v) is 3.11. The normalized spacial score (nSPS) is 11.2. The van der Waals surface area contributed by atoms with Crippen molar-refractivity contribution < 1.29 is 8.83 Å². The Morgan fingerprint density at radius 3 is 2.83 bits per heavy atom. The SMILES string of the molecule is Cc1nc(SCc2nnc(-c3ccco3)o2)c2ccccc2n1. The summed E-state index contributed by atoms with van der Waals surface area (Å²) in [4.78, 5) is 8.96. The number of aromatic nitrogens is 4. The van der Waals surface area contributed by atoms with Crippen molar-refractivity contribution in [3.63, 3.8) is 0 Å². The summed E-state index contributed by atoms with van der Waals surface area (Å²) in [6.07, 6.45) is 1.57. The fraction of sp³-hybridized carbons (Fsp3) is 0.125. The number of benzene rings is 1. The van der Waals surface area contributed by atoms with Crippen LogP contribution >= 0.6 is 11.8 Å². The molecule has 7 heteroatoms. The zero-order chi connectivity index (χ0) is 15.6. The average Bonchev–Trinajstić information content (AvgIpc) is 3.23. The van der Waals surface area contributed by atoms with Gasteiger partial charge in [0.15, 0.2) is 5.76 Å². The molecule has 0 saturated carbocycles. The van der Waals surface area contributed by atoms with Gasteiger partial charge >= 0.3 is 0 Å². The Morgan fingerprint density at radius 2 is 1.96 bits per heavy atom. The zero-order valence-corrected chi connectivity index (χ0v) is 13.1. The van der Waals surface area contributed by atoms with Gasteiger partial charge in [0, 0.05) is 5.39 Å². The smallest absolute Gasteiger partial charge is 0.283 e. The van der Waals surface area contributed by atoms with Crippen molar-refractivity contribution in [2.45, 2.75) is 17.7 Å². The Hall–Kier alpha value is -2.67. The molecule has 4 aromatic rings. The van der Waals surface area contributed by atoms with Gasteiger partial charge in [-0.25, -0.2) is 9.97 Å². The lowest BCUT2D eigenvalue weighted by Crippen LogP contribution is -1.93. The van der Waals surface area contributed by atoms with Crippen molar-refractivity contribution in [1.82, 2.24) is 20.2 Å². The number of hydrogen-bond acceptors (Lipinski definition) is 7. The monoisotopic (exact) mass is 324 g/mol. The van der Waals surface area contributed by atoms with Crippen LogP contribution in [0.5, 0.6) is 0 Å². The van der Waals surface area contributed by atoms with Gasteiger partial charge in [-0.3, -0.25) is 0 Å². The molecule has 4 rings (SSSR count). The molecule has 23 heavy (non-hydrogen) atoms. The first-order valence-electron chi connectivity index (χ1n) is 7.02. The molecular formula is C16H12N4O2S. The first-order chi connectivity index (χ1) is 11.3. The molecule has 0 radical (unpaired) electrons. The third-order valence-electron chi connectivity index (χ3n) is 3.21. The minimum absolute atomic E-state index is 0.384. The predicted octanol–water partition coefficient (Wildman–Crippen LogP) is 3.87. The highest BCUT2D eigenvalue weighted by Crippen LogP contribution is 2.28. The number of thioether (sulfide) groups is 1. The highest BCUT2D eigenvalue weighted by Gasteiger charge is 2.12. The molecule has 0 N–H and O–H groups in total. The van der Waals surface area contributed by atoms with Crippen molar-refractivity contribution in [1.29, 1.82) is 0 Å². The second kappa shape index (κ2) is 5.85. The standard InChI is InChI=1S/C16H12N4O2S/c1-10-17-12-6-3-2-5-11(12)16(18-10)23-9-14-19-20-15(22-14)13-7-4-8-21-13/h2-8H,9H2,1H3. The molecule has 3 heterocycles. The number of nitrogens with zero attached hydrogens (tertiary/aromatic N) is 4. The van der Waals surface area contributed by atoms with Gasteiger partial charge in [-0.15, -0.1) is 10.2 Å². The number of rotatable bonds is 4. The van der Waals surface area contributed by atoms with Crippen LogP contribution in [0.25, 0.3) is 22.6 Å². The molecule has 0 unspecified atom stereocenters. The van der Waals surface area contributed by atoms with Crippen LogP contribution in [-0.2, 0) is 5.75 Å². The van der Waals surface area contributed by atoms with E-state index < -0.39 is 0 Å². The molecular weight excluding hydrogens is 312 g/mol. The van der Waals surface area contributed by atoms with Gasteiger partial charge in [0.1, 0.15) is 10.9 Å². The van der Waals surface area contributed by atoms with E-state index in [1.54, 1.807) is 30.2 Å². The molecule has 0 fully saturated rings. The summed E-state index contributed by atoms with van der Waals surface area (Å²) in [5, 5.41) is 9.97. The molecule has 0 aliphatic carbocycles. The molecule has 114 valence electrons. The summed E-state index contributed by atoms with van der Waals surface area (Å²) in [7, 11) is 0. The second-order valence-corrected chi connectivity index (χ2v) is 5.82. The molecule has 0 spiro atoms. The average molecular weight is 324 g/mol. The van der Waals surface area contributed by atoms with E-state index in [0.29, 0.717) is 23.3 Å². The van der Waals surface area contributed by atoms with Crippen molar-refractivity contribution in [2.75, 3.05) is 0 Å². The molecule has 0 bridgehead atoms. The fourth-order valence-electron chi connectivity index (χ4n) is 2.21. The van der Waals surface area contributed by atoms with E-state index in [1.807, 2.05) is 31.2 Å². The number of fused-ring (bicyclic) bond motifs is 1. The van der Waals surface area contributed by atoms with Crippen LogP contribution in [-0.4, -0.2) is 20.2 Å². The number of aryl methyl sites for hydroxylation is 1. The Kier molecular flexibility index (Phi) is 3.55. The van der Waals surface area contributed by atoms with Crippen LogP contribution in [0.15, 0.2) is 56.5 Å². The van der Waals surface area contributed by atoms with Crippen LogP contribution in [0.3, 0.4) is 0 Å². The Balaban J connectivity index is 1.58. The summed E-state index contributed by atoms with van der Waals surface area (Å²) in [6, 6.07) is 11.5. The minimum Gasteiger partial charge on any atom is -0.459 e. The van der Waals surface area contributed by atoms with E-state index in [9.17, 15) is 0 Å². The van der Waals surface area contributed by atoms with Crippen LogP contribution in [0.1, 0.15) is 11.7 Å². The van der Waals surface area contributed by atoms with Crippen LogP contribution in [0.2, 0.25) is 0 Å². The molecule has 0 amide bonds. The molecule has 0 aliphatic rings. The van der Waals surface area contributed by atoms with E-state index in [2.05, 4.69) is 20.2 Å². The molecule has 0 atom stereocenters. The summed E-state index contributed by atoms with van der Waals surface area (Å²) < 4.78 is 10.9. The number of furan rings is 1. The zero-order valence-electron chi connectivity index (χ0n) is 12.3. The Bertz CT molecular complexity index is 950. The minimum atomic E-state index is 0.384. The van der Waals surface area contributed by atoms with Crippen molar-refractivity contribution in [3.8, 4) is 11.7 Å². The number of hydrogen-bond donors (Lipinski definition) is 0. The van der Waals surface area contributed by atoms with Crippen molar-refractivity contribution in [2.24, 2.45) is 0 Å². The second-order valence-electron chi connectivity index (χ2n) is 4.86. The van der Waals surface area contributed by atoms with Crippen molar-refractivity contribution >= 4 is 22.7 Å². The summed E-state index contributed by atoms with van der Waals surface area (Å²) in [5.41, 5.74) is 0.935. The summed E-state index contributed by atoms with van der Waals surface area (Å²) >= 11 is 1.55. The predicted molar refractivity (Wildman–Crippen MR) is 85.8 cm³/mol. The van der Waals surface area contributed by atoms with Gasteiger partial charge in [-0.05, 0) is 25.1 Å². The Morgan fingerprint density at radius 1 is 1.04 bits per heavy atom. The van der Waals surface area contributed by atoms with E-state index in [1.165, 1.54) is 0 Å². The lowest BCUT2D eigenvalue weighted by molar-refractivity contribution is 0.494. The molecule has 0 saturated heterocycles. The van der Waals surface area contributed by atoms with Gasteiger partial charge in [0.05, 0.1) is 17.5 Å². The molecule has 1 aromatic carbocycles. The van der Waals surface area contributed by atoms with E-state index in [-0.39, 0.29) is 0 Å². The lowest BCUT2D eigenvalue weighted by Gasteiger charge is -2.04. The maximum atomic E-state index is 5.61. The number of para-hydroxylation sites is 1. The van der Waals surface area contributed by atoms with Gasteiger partial charge < -0.3 is 8.83 Å². The maximum Gasteiger partial charge on any atom is 0.283 e. The topological polar surface area (TPSA) is 77.8 Å². The van der Waals surface area contributed by atoms with Crippen molar-refractivity contribution in [3.05, 3.63) is 54.4 Å². The maximum absolute atomic E-state index is 5.61. The summed E-state index contributed by atoms with van der Waals surface area (Å²) in [6.45, 7) is 1.89. The Labute approximate surface area is 136 Å². The largest absolute Gasteiger partial charge is 0.459 e. The first-order valence-corrected chi connectivity index (χ1v) is 8.00. The van der Waals surface area contributed by atoms with Crippen LogP contribution < -0.4 is 0 Å². The highest BCUT2D eigenvalue weighted by atomic mass is 32.2. The van der Waals surface area contributed by atoms with Gasteiger partial charge in [0.25, 0.3) is 5.89 Å². The molecule has 3 aromatic heterocycles. The van der Waals surface area contributed by atoms with Gasteiger partial charge in [-0.1, -0.05) is 30.0 Å². The van der Waals surface area contributed by atoms with Crippen LogP contribution in [0, 0.1) is 6.92 Å². The van der Waals surface area contributed by atoms with Gasteiger partial charge in [-0.2, -0.15) is 0 Å². The first kappa shape index (κ1) is 14.0. The van der Waals surface area contributed by atoms with E-state index >= 15 is 0 Å². The van der Waals surface area contributed by atoms with Crippen LogP contribution in [0.4, 0.5) is 0 Å². The highest BCUT2D eigenvalue weighted by molar-refractivity contribution is 7.98.